The van der Waals surface area contributed by atoms with E-state index in [-0.39, 0.29) is 35.5 Å². The zero-order chi connectivity index (χ0) is 19.3. The second-order valence-corrected chi connectivity index (χ2v) is 9.08. The van der Waals surface area contributed by atoms with Crippen molar-refractivity contribution in [1.29, 1.82) is 0 Å². The predicted octanol–water partition coefficient (Wildman–Crippen LogP) is 2.26. The maximum atomic E-state index is 12.3. The van der Waals surface area contributed by atoms with Crippen LogP contribution in [-0.2, 0) is 19.0 Å². The summed E-state index contributed by atoms with van der Waals surface area (Å²) < 4.78 is 18.4. The van der Waals surface area contributed by atoms with Crippen LogP contribution < -0.4 is 10.6 Å². The zero-order valence-electron chi connectivity index (χ0n) is 17.3. The first-order valence-corrected chi connectivity index (χ1v) is 10.8. The zero-order valence-corrected chi connectivity index (χ0v) is 17.3. The first-order valence-electron chi connectivity index (χ1n) is 10.8. The van der Waals surface area contributed by atoms with Gasteiger partial charge in [-0.1, -0.05) is 13.8 Å². The molecule has 156 valence electrons. The monoisotopic (exact) mass is 382 g/mol. The van der Waals surface area contributed by atoms with E-state index in [1.807, 2.05) is 13.8 Å². The molecule has 1 amide bonds. The Balaban J connectivity index is 1.52. The SMILES string of the molecule is CC(C)C(=O)N[C@H](COC1CCNCC1)[C@@H](C)OCC12CCC(CC1)OC2. The summed E-state index contributed by atoms with van der Waals surface area (Å²) in [7, 11) is 0. The van der Waals surface area contributed by atoms with E-state index in [0.717, 1.165) is 45.4 Å². The largest absolute Gasteiger partial charge is 0.378 e. The molecular formula is C21H38N2O4. The third-order valence-electron chi connectivity index (χ3n) is 6.49. The van der Waals surface area contributed by atoms with Crippen molar-refractivity contribution in [2.45, 2.75) is 83.6 Å². The number of carbonyl (C=O) groups excluding carboxylic acids is 1. The molecule has 3 saturated heterocycles. The van der Waals surface area contributed by atoms with E-state index in [1.165, 1.54) is 12.8 Å². The molecule has 0 unspecified atom stereocenters. The summed E-state index contributed by atoms with van der Waals surface area (Å²) in [6.45, 7) is 9.94. The number of piperidine rings is 1. The van der Waals surface area contributed by atoms with Gasteiger partial charge >= 0.3 is 0 Å². The summed E-state index contributed by atoms with van der Waals surface area (Å²) >= 11 is 0. The molecule has 4 aliphatic rings. The van der Waals surface area contributed by atoms with Crippen molar-refractivity contribution < 1.29 is 19.0 Å². The number of hydrogen-bond acceptors (Lipinski definition) is 5. The molecule has 1 saturated carbocycles. The lowest BCUT2D eigenvalue weighted by molar-refractivity contribution is -0.154. The Morgan fingerprint density at radius 2 is 1.89 bits per heavy atom. The van der Waals surface area contributed by atoms with E-state index in [0.29, 0.717) is 19.3 Å². The Labute approximate surface area is 164 Å². The highest BCUT2D eigenvalue weighted by atomic mass is 16.5. The third-order valence-corrected chi connectivity index (χ3v) is 6.49. The first-order chi connectivity index (χ1) is 13.0. The average Bonchev–Trinajstić information content (AvgIpc) is 2.71. The van der Waals surface area contributed by atoms with Crippen LogP contribution in [-0.4, -0.2) is 63.2 Å². The van der Waals surface area contributed by atoms with Crippen molar-refractivity contribution in [2.75, 3.05) is 32.9 Å². The van der Waals surface area contributed by atoms with Crippen LogP contribution in [0.25, 0.3) is 0 Å². The van der Waals surface area contributed by atoms with Crippen LogP contribution in [0.3, 0.4) is 0 Å². The molecule has 3 aliphatic heterocycles. The minimum Gasteiger partial charge on any atom is -0.378 e. The molecule has 2 atom stereocenters. The van der Waals surface area contributed by atoms with Gasteiger partial charge in [-0.3, -0.25) is 4.79 Å². The first kappa shape index (κ1) is 21.0. The number of amides is 1. The lowest BCUT2D eigenvalue weighted by Crippen LogP contribution is -2.51. The van der Waals surface area contributed by atoms with Crippen molar-refractivity contribution in [2.24, 2.45) is 11.3 Å². The minimum absolute atomic E-state index is 0.0424. The van der Waals surface area contributed by atoms with Crippen LogP contribution in [0.2, 0.25) is 0 Å². The van der Waals surface area contributed by atoms with Crippen LogP contribution in [0.4, 0.5) is 0 Å². The van der Waals surface area contributed by atoms with Gasteiger partial charge in [-0.25, -0.2) is 0 Å². The highest BCUT2D eigenvalue weighted by Crippen LogP contribution is 2.43. The van der Waals surface area contributed by atoms with Gasteiger partial charge in [0.1, 0.15) is 0 Å². The Kier molecular flexibility index (Phi) is 7.54. The van der Waals surface area contributed by atoms with Crippen LogP contribution in [0.1, 0.15) is 59.3 Å². The predicted molar refractivity (Wildman–Crippen MR) is 105 cm³/mol. The molecule has 4 rings (SSSR count). The molecule has 6 heteroatoms. The molecule has 27 heavy (non-hydrogen) atoms. The average molecular weight is 383 g/mol. The van der Waals surface area contributed by atoms with Crippen molar-refractivity contribution in [3.05, 3.63) is 0 Å². The van der Waals surface area contributed by atoms with E-state index in [9.17, 15) is 4.79 Å². The Morgan fingerprint density at radius 1 is 1.19 bits per heavy atom. The van der Waals surface area contributed by atoms with Crippen LogP contribution in [0, 0.1) is 11.3 Å². The summed E-state index contributed by atoms with van der Waals surface area (Å²) in [4.78, 5) is 12.3. The Bertz CT molecular complexity index is 457. The molecule has 0 aromatic heterocycles. The second-order valence-electron chi connectivity index (χ2n) is 9.08. The number of fused-ring (bicyclic) bond motifs is 3. The fourth-order valence-electron chi connectivity index (χ4n) is 4.27. The lowest BCUT2D eigenvalue weighted by atomic mass is 9.72. The molecule has 0 radical (unpaired) electrons. The van der Waals surface area contributed by atoms with E-state index < -0.39 is 0 Å². The summed E-state index contributed by atoms with van der Waals surface area (Å²) in [5.74, 6) is 0.0169. The Morgan fingerprint density at radius 3 is 2.48 bits per heavy atom. The molecule has 2 N–H and O–H groups in total. The van der Waals surface area contributed by atoms with E-state index in [4.69, 9.17) is 14.2 Å². The normalized spacial score (nSPS) is 31.0. The lowest BCUT2D eigenvalue weighted by Gasteiger charge is -2.46. The van der Waals surface area contributed by atoms with Crippen molar-refractivity contribution >= 4 is 5.91 Å². The highest BCUT2D eigenvalue weighted by Gasteiger charge is 2.42. The van der Waals surface area contributed by atoms with Gasteiger partial charge in [0.2, 0.25) is 5.91 Å². The standard InChI is InChI=1S/C21H38N2O4/c1-15(2)20(24)23-19(12-25-18-6-10-22-11-7-18)16(3)26-13-21-8-4-17(5-9-21)27-14-21/h15-19,22H,4-14H2,1-3H3,(H,23,24)/t16-,17?,19-,21?/m1/s1. The number of ether oxygens (including phenoxy) is 3. The fraction of sp³-hybridized carbons (Fsp3) is 0.952. The molecule has 3 heterocycles. The van der Waals surface area contributed by atoms with Crippen molar-refractivity contribution in [3.8, 4) is 0 Å². The number of rotatable bonds is 9. The maximum Gasteiger partial charge on any atom is 0.222 e. The molecule has 0 aromatic carbocycles. The maximum absolute atomic E-state index is 12.3. The quantitative estimate of drug-likeness (QED) is 0.640. The Hall–Kier alpha value is -0.690. The minimum atomic E-state index is -0.118. The van der Waals surface area contributed by atoms with Crippen molar-refractivity contribution in [3.63, 3.8) is 0 Å². The van der Waals surface area contributed by atoms with E-state index >= 15 is 0 Å². The third kappa shape index (κ3) is 5.89. The molecule has 0 spiro atoms. The van der Waals surface area contributed by atoms with Gasteiger partial charge in [0.25, 0.3) is 0 Å². The van der Waals surface area contributed by atoms with Gasteiger partial charge in [0, 0.05) is 11.3 Å². The molecule has 2 bridgehead atoms. The van der Waals surface area contributed by atoms with Gasteiger partial charge in [0.05, 0.1) is 44.2 Å². The number of carbonyl (C=O) groups is 1. The molecular weight excluding hydrogens is 344 g/mol. The van der Waals surface area contributed by atoms with Crippen LogP contribution >= 0.6 is 0 Å². The fourth-order valence-corrected chi connectivity index (χ4v) is 4.27. The van der Waals surface area contributed by atoms with Crippen LogP contribution in [0.5, 0.6) is 0 Å². The van der Waals surface area contributed by atoms with E-state index in [2.05, 4.69) is 17.6 Å². The van der Waals surface area contributed by atoms with Gasteiger partial charge in [-0.2, -0.15) is 0 Å². The summed E-state index contributed by atoms with van der Waals surface area (Å²) in [5.41, 5.74) is 0.172. The second kappa shape index (κ2) is 9.68. The van der Waals surface area contributed by atoms with Gasteiger partial charge in [-0.05, 0) is 58.5 Å². The topological polar surface area (TPSA) is 68.8 Å². The van der Waals surface area contributed by atoms with Gasteiger partial charge < -0.3 is 24.8 Å². The summed E-state index contributed by atoms with van der Waals surface area (Å²) in [6.07, 6.45) is 7.43. The molecule has 4 fully saturated rings. The van der Waals surface area contributed by atoms with Gasteiger partial charge in [-0.15, -0.1) is 0 Å². The van der Waals surface area contributed by atoms with E-state index in [1.54, 1.807) is 0 Å². The number of hydrogen-bond donors (Lipinski definition) is 2. The summed E-state index contributed by atoms with van der Waals surface area (Å²) in [6, 6.07) is -0.118. The highest BCUT2D eigenvalue weighted by molar-refractivity contribution is 5.78. The van der Waals surface area contributed by atoms with Crippen molar-refractivity contribution in [1.82, 2.24) is 10.6 Å². The summed E-state index contributed by atoms with van der Waals surface area (Å²) in [5, 5.41) is 6.51. The number of nitrogens with one attached hydrogen (secondary N) is 2. The molecule has 1 aliphatic carbocycles. The van der Waals surface area contributed by atoms with Crippen LogP contribution in [0.15, 0.2) is 0 Å². The smallest absolute Gasteiger partial charge is 0.222 e. The molecule has 0 aromatic rings. The van der Waals surface area contributed by atoms with Gasteiger partial charge in [0.15, 0.2) is 0 Å². The molecule has 6 nitrogen and oxygen atoms in total.